The highest BCUT2D eigenvalue weighted by atomic mass is 16.6. The lowest BCUT2D eigenvalue weighted by Crippen LogP contribution is -2.43. The van der Waals surface area contributed by atoms with Gasteiger partial charge in [0.1, 0.15) is 5.60 Å². The number of ether oxygens (including phenoxy) is 1. The molecule has 0 aliphatic heterocycles. The van der Waals surface area contributed by atoms with E-state index in [0.717, 1.165) is 29.7 Å². The summed E-state index contributed by atoms with van der Waals surface area (Å²) in [5.74, 6) is 0. The quantitative estimate of drug-likeness (QED) is 0.845. The van der Waals surface area contributed by atoms with Crippen LogP contribution in [0.3, 0.4) is 0 Å². The number of aromatic nitrogens is 2. The zero-order valence-corrected chi connectivity index (χ0v) is 14.4. The van der Waals surface area contributed by atoms with Gasteiger partial charge < -0.3 is 15.8 Å². The number of anilines is 1. The van der Waals surface area contributed by atoms with Crippen LogP contribution in [-0.2, 0) is 11.3 Å². The average Bonchev–Trinajstić information content (AvgIpc) is 3.04. The molecule has 0 atom stereocenters. The van der Waals surface area contributed by atoms with Gasteiger partial charge in [-0.15, -0.1) is 0 Å². The third-order valence-corrected chi connectivity index (χ3v) is 3.92. The number of carbonyl (C=O) groups excluding carboxylic acids is 1. The largest absolute Gasteiger partial charge is 0.441 e. The zero-order chi connectivity index (χ0) is 17.4. The Hall–Kier alpha value is -2.50. The van der Waals surface area contributed by atoms with Crippen molar-refractivity contribution < 1.29 is 9.53 Å². The lowest BCUT2D eigenvalue weighted by atomic mass is 10.1. The van der Waals surface area contributed by atoms with E-state index in [-0.39, 0.29) is 11.6 Å². The fourth-order valence-corrected chi connectivity index (χ4v) is 2.53. The first-order valence-electron chi connectivity index (χ1n) is 8.14. The molecule has 128 valence electrons. The molecule has 6 heteroatoms. The summed E-state index contributed by atoms with van der Waals surface area (Å²) in [6.45, 7) is 6.36. The van der Waals surface area contributed by atoms with Crippen LogP contribution in [0.2, 0.25) is 0 Å². The minimum atomic E-state index is -0.431. The lowest BCUT2D eigenvalue weighted by Gasteiger charge is -2.23. The average molecular weight is 328 g/mol. The van der Waals surface area contributed by atoms with Gasteiger partial charge in [0.15, 0.2) is 0 Å². The minimum absolute atomic E-state index is 0.304. The van der Waals surface area contributed by atoms with Gasteiger partial charge in [-0.25, -0.2) is 4.79 Å². The van der Waals surface area contributed by atoms with Gasteiger partial charge in [0.2, 0.25) is 0 Å². The standard InChI is InChI=1S/C18H24N4O2/c1-17(2,3)21-16(23)24-18(8-9-18)12-22-11-14(10-20-22)13-4-6-15(19)7-5-13/h4-7,10-11H,8-9,12,19H2,1-3H3,(H,21,23). The Bertz CT molecular complexity index is 724. The maximum absolute atomic E-state index is 12.0. The van der Waals surface area contributed by atoms with Crippen molar-refractivity contribution in [2.45, 2.75) is 51.3 Å². The molecule has 1 aliphatic rings. The first-order chi connectivity index (χ1) is 11.2. The molecule has 0 unspecified atom stereocenters. The number of hydrogen-bond donors (Lipinski definition) is 2. The summed E-state index contributed by atoms with van der Waals surface area (Å²) in [7, 11) is 0. The normalized spacial score (nSPS) is 15.8. The maximum Gasteiger partial charge on any atom is 0.408 e. The van der Waals surface area contributed by atoms with Crippen molar-refractivity contribution in [3.05, 3.63) is 36.7 Å². The molecule has 1 amide bonds. The van der Waals surface area contributed by atoms with E-state index >= 15 is 0 Å². The molecule has 1 aromatic heterocycles. The number of benzene rings is 1. The monoisotopic (exact) mass is 328 g/mol. The van der Waals surface area contributed by atoms with E-state index in [1.165, 1.54) is 0 Å². The van der Waals surface area contributed by atoms with E-state index in [1.807, 2.05) is 62.1 Å². The van der Waals surface area contributed by atoms with Crippen molar-refractivity contribution in [2.24, 2.45) is 0 Å². The van der Waals surface area contributed by atoms with Gasteiger partial charge >= 0.3 is 6.09 Å². The van der Waals surface area contributed by atoms with Crippen LogP contribution in [0, 0.1) is 0 Å². The van der Waals surface area contributed by atoms with E-state index in [4.69, 9.17) is 10.5 Å². The Balaban J connectivity index is 1.64. The van der Waals surface area contributed by atoms with Crippen molar-refractivity contribution in [1.29, 1.82) is 0 Å². The van der Waals surface area contributed by atoms with Crippen LogP contribution in [0.25, 0.3) is 11.1 Å². The Morgan fingerprint density at radius 3 is 2.54 bits per heavy atom. The van der Waals surface area contributed by atoms with Crippen LogP contribution in [0.1, 0.15) is 33.6 Å². The molecule has 24 heavy (non-hydrogen) atoms. The predicted molar refractivity (Wildman–Crippen MR) is 93.4 cm³/mol. The fraction of sp³-hybridized carbons (Fsp3) is 0.444. The van der Waals surface area contributed by atoms with Gasteiger partial charge in [-0.1, -0.05) is 12.1 Å². The van der Waals surface area contributed by atoms with Crippen LogP contribution < -0.4 is 11.1 Å². The first-order valence-corrected chi connectivity index (χ1v) is 8.14. The molecule has 3 rings (SSSR count). The Morgan fingerprint density at radius 2 is 1.96 bits per heavy atom. The number of nitrogens with zero attached hydrogens (tertiary/aromatic N) is 2. The van der Waals surface area contributed by atoms with Crippen molar-refractivity contribution in [1.82, 2.24) is 15.1 Å². The molecule has 0 saturated heterocycles. The van der Waals surface area contributed by atoms with Crippen molar-refractivity contribution in [2.75, 3.05) is 5.73 Å². The minimum Gasteiger partial charge on any atom is -0.441 e. The summed E-state index contributed by atoms with van der Waals surface area (Å²) in [6, 6.07) is 7.68. The lowest BCUT2D eigenvalue weighted by molar-refractivity contribution is 0.0641. The van der Waals surface area contributed by atoms with Gasteiger partial charge in [0, 0.05) is 23.0 Å². The smallest absolute Gasteiger partial charge is 0.408 e. The second kappa shape index (κ2) is 5.85. The molecular formula is C18H24N4O2. The molecule has 3 N–H and O–H groups in total. The summed E-state index contributed by atoms with van der Waals surface area (Å²) < 4.78 is 7.47. The van der Waals surface area contributed by atoms with Crippen LogP contribution in [0.5, 0.6) is 0 Å². The number of amides is 1. The fourth-order valence-electron chi connectivity index (χ4n) is 2.53. The summed E-state index contributed by atoms with van der Waals surface area (Å²) in [5.41, 5.74) is 7.80. The van der Waals surface area contributed by atoms with E-state index in [0.29, 0.717) is 6.54 Å². The molecule has 1 aromatic carbocycles. The van der Waals surface area contributed by atoms with E-state index in [1.54, 1.807) is 0 Å². The van der Waals surface area contributed by atoms with Gasteiger partial charge in [-0.05, 0) is 51.3 Å². The maximum atomic E-state index is 12.0. The Kier molecular flexibility index (Phi) is 3.99. The van der Waals surface area contributed by atoms with Crippen LogP contribution in [0.4, 0.5) is 10.5 Å². The molecule has 1 fully saturated rings. The van der Waals surface area contributed by atoms with Crippen molar-refractivity contribution >= 4 is 11.8 Å². The topological polar surface area (TPSA) is 82.2 Å². The van der Waals surface area contributed by atoms with E-state index in [9.17, 15) is 4.79 Å². The van der Waals surface area contributed by atoms with Crippen LogP contribution in [-0.4, -0.2) is 27.0 Å². The number of carbonyl (C=O) groups is 1. The predicted octanol–water partition coefficient (Wildman–Crippen LogP) is 3.19. The molecule has 1 heterocycles. The highest BCUT2D eigenvalue weighted by Gasteiger charge is 2.48. The molecule has 0 radical (unpaired) electrons. The zero-order valence-electron chi connectivity index (χ0n) is 14.4. The van der Waals surface area contributed by atoms with Gasteiger partial charge in [-0.3, -0.25) is 4.68 Å². The van der Waals surface area contributed by atoms with Gasteiger partial charge in [0.05, 0.1) is 12.7 Å². The highest BCUT2D eigenvalue weighted by molar-refractivity contribution is 5.69. The molecular weight excluding hydrogens is 304 g/mol. The number of nitrogen functional groups attached to an aromatic ring is 1. The molecule has 1 saturated carbocycles. The summed E-state index contributed by atoms with van der Waals surface area (Å²) in [5, 5.41) is 7.23. The number of hydrogen-bond acceptors (Lipinski definition) is 4. The SMILES string of the molecule is CC(C)(C)NC(=O)OC1(Cn2cc(-c3ccc(N)cc3)cn2)CC1. The molecule has 0 bridgehead atoms. The Morgan fingerprint density at radius 1 is 1.29 bits per heavy atom. The van der Waals surface area contributed by atoms with Gasteiger partial charge in [0.25, 0.3) is 0 Å². The summed E-state index contributed by atoms with van der Waals surface area (Å²) in [4.78, 5) is 12.0. The second-order valence-electron chi connectivity index (χ2n) is 7.50. The molecule has 6 nitrogen and oxygen atoms in total. The molecule has 1 aliphatic carbocycles. The number of nitrogens with one attached hydrogen (secondary N) is 1. The van der Waals surface area contributed by atoms with Crippen LogP contribution >= 0.6 is 0 Å². The van der Waals surface area contributed by atoms with E-state index < -0.39 is 5.60 Å². The Labute approximate surface area is 142 Å². The van der Waals surface area contributed by atoms with Crippen molar-refractivity contribution in [3.8, 4) is 11.1 Å². The summed E-state index contributed by atoms with van der Waals surface area (Å²) >= 11 is 0. The number of alkyl carbamates (subject to hydrolysis) is 1. The second-order valence-corrected chi connectivity index (χ2v) is 7.50. The highest BCUT2D eigenvalue weighted by Crippen LogP contribution is 2.41. The van der Waals surface area contributed by atoms with Gasteiger partial charge in [-0.2, -0.15) is 5.10 Å². The third-order valence-electron chi connectivity index (χ3n) is 3.92. The molecule has 0 spiro atoms. The number of rotatable bonds is 4. The van der Waals surface area contributed by atoms with E-state index in [2.05, 4.69) is 10.4 Å². The van der Waals surface area contributed by atoms with Crippen molar-refractivity contribution in [3.63, 3.8) is 0 Å². The van der Waals surface area contributed by atoms with Crippen LogP contribution in [0.15, 0.2) is 36.7 Å². The number of nitrogens with two attached hydrogens (primary N) is 1. The summed E-state index contributed by atoms with van der Waals surface area (Å²) in [6.07, 6.45) is 5.14. The third kappa shape index (κ3) is 4.07. The first kappa shape index (κ1) is 16.4. The molecule has 2 aromatic rings.